The van der Waals surface area contributed by atoms with Crippen molar-refractivity contribution in [3.8, 4) is 16.9 Å². The van der Waals surface area contributed by atoms with Gasteiger partial charge in [0.15, 0.2) is 11.6 Å². The Kier molecular flexibility index (Phi) is 6.06. The van der Waals surface area contributed by atoms with Crippen LogP contribution in [-0.4, -0.2) is 77.9 Å². The minimum absolute atomic E-state index is 0.211. The molecule has 2 saturated heterocycles. The van der Waals surface area contributed by atoms with Gasteiger partial charge < -0.3 is 19.6 Å². The fourth-order valence-corrected chi connectivity index (χ4v) is 5.80. The average molecular weight is 473 g/mol. The summed E-state index contributed by atoms with van der Waals surface area (Å²) in [5.41, 5.74) is 0.840. The lowest BCUT2D eigenvalue weighted by molar-refractivity contribution is -0.00294. The van der Waals surface area contributed by atoms with Gasteiger partial charge in [-0.15, -0.1) is 0 Å². The topological polar surface area (TPSA) is 69.1 Å². The van der Waals surface area contributed by atoms with Crippen LogP contribution in [0.1, 0.15) is 26.2 Å². The van der Waals surface area contributed by atoms with Crippen molar-refractivity contribution in [2.45, 2.75) is 32.2 Å². The molecule has 1 spiro atoms. The molecule has 34 heavy (non-hydrogen) atoms. The summed E-state index contributed by atoms with van der Waals surface area (Å²) in [6, 6.07) is 6.03. The fraction of sp³-hybridized carbons (Fsp3) is 0.520. The lowest BCUT2D eigenvalue weighted by Gasteiger charge is -2.48. The molecule has 1 aromatic carbocycles. The maximum atomic E-state index is 14.0. The first-order valence-electron chi connectivity index (χ1n) is 11.9. The van der Waals surface area contributed by atoms with Crippen LogP contribution >= 0.6 is 0 Å². The van der Waals surface area contributed by atoms with E-state index in [2.05, 4.69) is 14.8 Å². The molecule has 1 saturated carbocycles. The summed E-state index contributed by atoms with van der Waals surface area (Å²) in [6.45, 7) is 6.89. The van der Waals surface area contributed by atoms with Gasteiger partial charge in [0.25, 0.3) is 0 Å². The van der Waals surface area contributed by atoms with Gasteiger partial charge >= 0.3 is 6.09 Å². The van der Waals surface area contributed by atoms with Crippen molar-refractivity contribution in [1.82, 2.24) is 14.8 Å². The van der Waals surface area contributed by atoms with Crippen LogP contribution in [0.25, 0.3) is 11.1 Å². The summed E-state index contributed by atoms with van der Waals surface area (Å²) in [5.74, 6) is -1.22. The second-order valence-corrected chi connectivity index (χ2v) is 9.64. The highest BCUT2D eigenvalue weighted by molar-refractivity contribution is 5.80. The van der Waals surface area contributed by atoms with E-state index in [0.29, 0.717) is 37.1 Å². The molecule has 0 bridgehead atoms. The monoisotopic (exact) mass is 472 g/mol. The lowest BCUT2D eigenvalue weighted by Crippen LogP contribution is -2.58. The van der Waals surface area contributed by atoms with E-state index in [-0.39, 0.29) is 17.1 Å². The molecule has 1 aromatic heterocycles. The zero-order valence-corrected chi connectivity index (χ0v) is 19.3. The SMILES string of the molecule is CCOC(=O)N1CC2(CC[C@@H](N3CCN(c4ncc(F)cc4-c4cccc(F)c4O)CC3)C2)C1. The number of likely N-dealkylation sites (tertiary alicyclic amines) is 1. The molecule has 2 aliphatic heterocycles. The fourth-order valence-electron chi connectivity index (χ4n) is 5.80. The van der Waals surface area contributed by atoms with Gasteiger partial charge in [0.2, 0.25) is 0 Å². The van der Waals surface area contributed by atoms with Crippen LogP contribution in [0.2, 0.25) is 0 Å². The lowest BCUT2D eigenvalue weighted by atomic mass is 9.78. The number of phenols is 1. The van der Waals surface area contributed by atoms with Crippen LogP contribution in [0.5, 0.6) is 5.75 Å². The van der Waals surface area contributed by atoms with Crippen LogP contribution in [0, 0.1) is 17.0 Å². The molecule has 1 N–H and O–H groups in total. The molecule has 0 radical (unpaired) electrons. The largest absolute Gasteiger partial charge is 0.504 e. The standard InChI is InChI=1S/C25H30F2N4O3/c1-2-34-24(33)31-15-25(16-31)7-6-18(13-25)29-8-10-30(11-9-29)23-20(12-17(26)14-28-23)19-4-3-5-21(27)22(19)32/h3-5,12,14,18,32H,2,6-11,13,15-16H2,1H3/t18-/m1/s1. The molecule has 5 rings (SSSR count). The number of piperazine rings is 1. The van der Waals surface area contributed by atoms with Crippen molar-refractivity contribution in [3.63, 3.8) is 0 Å². The van der Waals surface area contributed by atoms with E-state index in [1.54, 1.807) is 11.0 Å². The molecule has 2 aromatic rings. The van der Waals surface area contributed by atoms with Crippen LogP contribution in [0.15, 0.2) is 30.5 Å². The zero-order chi connectivity index (χ0) is 23.9. The number of carbonyl (C=O) groups is 1. The number of hydrogen-bond donors (Lipinski definition) is 1. The third-order valence-corrected chi connectivity index (χ3v) is 7.50. The molecule has 1 amide bonds. The molecule has 1 aliphatic carbocycles. The number of para-hydroxylation sites is 1. The Balaban J connectivity index is 1.23. The third kappa shape index (κ3) is 4.17. The first-order chi connectivity index (χ1) is 16.4. The Bertz CT molecular complexity index is 1070. The maximum Gasteiger partial charge on any atom is 0.409 e. The number of aromatic hydroxyl groups is 1. The van der Waals surface area contributed by atoms with Gasteiger partial charge in [-0.1, -0.05) is 12.1 Å². The predicted octanol–water partition coefficient (Wildman–Crippen LogP) is 3.87. The van der Waals surface area contributed by atoms with Crippen molar-refractivity contribution < 1.29 is 23.4 Å². The van der Waals surface area contributed by atoms with Gasteiger partial charge in [0.1, 0.15) is 11.6 Å². The molecule has 3 heterocycles. The Hall–Kier alpha value is -2.94. The number of pyridine rings is 1. The van der Waals surface area contributed by atoms with Gasteiger partial charge in [0, 0.05) is 61.9 Å². The predicted molar refractivity (Wildman–Crippen MR) is 124 cm³/mol. The van der Waals surface area contributed by atoms with Crippen molar-refractivity contribution in [2.75, 3.05) is 50.8 Å². The summed E-state index contributed by atoms with van der Waals surface area (Å²) in [7, 11) is 0. The number of rotatable bonds is 4. The second-order valence-electron chi connectivity index (χ2n) is 9.64. The second kappa shape index (κ2) is 9.02. The summed E-state index contributed by atoms with van der Waals surface area (Å²) < 4.78 is 33.1. The first kappa shape index (κ1) is 22.8. The quantitative estimate of drug-likeness (QED) is 0.729. The molecular formula is C25H30F2N4O3. The normalized spacial score (nSPS) is 22.1. The first-order valence-corrected chi connectivity index (χ1v) is 11.9. The van der Waals surface area contributed by atoms with E-state index >= 15 is 0 Å². The van der Waals surface area contributed by atoms with E-state index in [1.807, 2.05) is 6.92 Å². The van der Waals surface area contributed by atoms with Crippen LogP contribution in [0.4, 0.5) is 19.4 Å². The van der Waals surface area contributed by atoms with Gasteiger partial charge in [0.05, 0.1) is 12.8 Å². The average Bonchev–Trinajstić information content (AvgIpc) is 3.26. The van der Waals surface area contributed by atoms with E-state index in [4.69, 9.17) is 4.74 Å². The zero-order valence-electron chi connectivity index (χ0n) is 19.3. The van der Waals surface area contributed by atoms with E-state index in [9.17, 15) is 18.7 Å². The van der Waals surface area contributed by atoms with Crippen molar-refractivity contribution >= 4 is 11.9 Å². The van der Waals surface area contributed by atoms with Gasteiger partial charge in [-0.05, 0) is 38.3 Å². The molecule has 9 heteroatoms. The molecule has 0 unspecified atom stereocenters. The minimum Gasteiger partial charge on any atom is -0.504 e. The molecular weight excluding hydrogens is 442 g/mol. The van der Waals surface area contributed by atoms with Gasteiger partial charge in [-0.25, -0.2) is 18.6 Å². The molecule has 182 valence electrons. The minimum atomic E-state index is -0.745. The molecule has 7 nitrogen and oxygen atoms in total. The Morgan fingerprint density at radius 3 is 2.71 bits per heavy atom. The summed E-state index contributed by atoms with van der Waals surface area (Å²) >= 11 is 0. The number of benzene rings is 1. The van der Waals surface area contributed by atoms with E-state index < -0.39 is 17.4 Å². The van der Waals surface area contributed by atoms with Crippen molar-refractivity contribution in [1.29, 1.82) is 0 Å². The van der Waals surface area contributed by atoms with Crippen molar-refractivity contribution in [2.24, 2.45) is 5.41 Å². The number of nitrogens with zero attached hydrogens (tertiary/aromatic N) is 4. The number of anilines is 1. The number of hydrogen-bond acceptors (Lipinski definition) is 6. The third-order valence-electron chi connectivity index (χ3n) is 7.50. The Morgan fingerprint density at radius 1 is 1.21 bits per heavy atom. The number of ether oxygens (including phenoxy) is 1. The van der Waals surface area contributed by atoms with Crippen molar-refractivity contribution in [3.05, 3.63) is 42.1 Å². The summed E-state index contributed by atoms with van der Waals surface area (Å²) in [4.78, 5) is 22.6. The summed E-state index contributed by atoms with van der Waals surface area (Å²) in [6.07, 6.45) is 4.27. The highest BCUT2D eigenvalue weighted by atomic mass is 19.1. The van der Waals surface area contributed by atoms with E-state index in [1.165, 1.54) is 18.2 Å². The Labute approximate surface area is 197 Å². The van der Waals surface area contributed by atoms with Crippen LogP contribution < -0.4 is 4.90 Å². The molecule has 3 aliphatic rings. The van der Waals surface area contributed by atoms with E-state index in [0.717, 1.165) is 51.6 Å². The van der Waals surface area contributed by atoms with Crippen LogP contribution in [-0.2, 0) is 4.74 Å². The number of aromatic nitrogens is 1. The highest BCUT2D eigenvalue weighted by Crippen LogP contribution is 2.47. The summed E-state index contributed by atoms with van der Waals surface area (Å²) in [5, 5.41) is 10.2. The highest BCUT2D eigenvalue weighted by Gasteiger charge is 2.51. The van der Waals surface area contributed by atoms with Gasteiger partial charge in [-0.2, -0.15) is 0 Å². The molecule has 3 fully saturated rings. The smallest absolute Gasteiger partial charge is 0.409 e. The number of amides is 1. The number of halogens is 2. The van der Waals surface area contributed by atoms with Gasteiger partial charge in [-0.3, -0.25) is 4.90 Å². The van der Waals surface area contributed by atoms with Crippen LogP contribution in [0.3, 0.4) is 0 Å². The molecule has 1 atom stereocenters. The number of carbonyl (C=O) groups excluding carboxylic acids is 1. The number of phenolic OH excluding ortho intramolecular Hbond substituents is 1. The maximum absolute atomic E-state index is 14.0. The Morgan fingerprint density at radius 2 is 1.97 bits per heavy atom.